The zero-order chi connectivity index (χ0) is 15.5. The van der Waals surface area contributed by atoms with E-state index >= 15 is 0 Å². The molecule has 0 fully saturated rings. The summed E-state index contributed by atoms with van der Waals surface area (Å²) in [5.41, 5.74) is 1.15. The lowest BCUT2D eigenvalue weighted by atomic mass is 10.1. The van der Waals surface area contributed by atoms with E-state index in [-0.39, 0.29) is 12.3 Å². The highest BCUT2D eigenvalue weighted by molar-refractivity contribution is 6.30. The zero-order valence-corrected chi connectivity index (χ0v) is 12.3. The predicted octanol–water partition coefficient (Wildman–Crippen LogP) is 4.21. The number of nitrogens with zero attached hydrogens (tertiary/aromatic N) is 1. The molecule has 2 aromatic carbocycles. The van der Waals surface area contributed by atoms with E-state index in [9.17, 15) is 9.18 Å². The summed E-state index contributed by atoms with van der Waals surface area (Å²) < 4.78 is 14.0. The molecule has 0 saturated carbocycles. The third-order valence-corrected chi connectivity index (χ3v) is 3.50. The zero-order valence-electron chi connectivity index (χ0n) is 11.5. The van der Waals surface area contributed by atoms with Crippen LogP contribution in [-0.2, 0) is 11.2 Å². The van der Waals surface area contributed by atoms with E-state index in [1.165, 1.54) is 12.3 Å². The van der Waals surface area contributed by atoms with Crippen LogP contribution in [0.1, 0.15) is 5.56 Å². The quantitative estimate of drug-likeness (QED) is 0.787. The van der Waals surface area contributed by atoms with Gasteiger partial charge in [-0.1, -0.05) is 35.9 Å². The van der Waals surface area contributed by atoms with Crippen molar-refractivity contribution in [2.24, 2.45) is 0 Å². The highest BCUT2D eigenvalue weighted by atomic mass is 35.5. The predicted molar refractivity (Wildman–Crippen MR) is 85.5 cm³/mol. The summed E-state index contributed by atoms with van der Waals surface area (Å²) in [7, 11) is 0. The number of hydrogen-bond acceptors (Lipinski definition) is 2. The molecule has 5 heteroatoms. The van der Waals surface area contributed by atoms with E-state index < -0.39 is 5.82 Å². The molecule has 110 valence electrons. The molecule has 0 bridgehead atoms. The molecule has 0 aliphatic carbocycles. The fourth-order valence-corrected chi connectivity index (χ4v) is 2.52. The molecule has 0 spiro atoms. The molecule has 1 aromatic heterocycles. The van der Waals surface area contributed by atoms with Crippen LogP contribution < -0.4 is 5.32 Å². The first-order valence-corrected chi connectivity index (χ1v) is 7.08. The average molecular weight is 315 g/mol. The van der Waals surface area contributed by atoms with Crippen LogP contribution >= 0.6 is 11.6 Å². The van der Waals surface area contributed by atoms with Crippen molar-refractivity contribution in [1.29, 1.82) is 0 Å². The van der Waals surface area contributed by atoms with Crippen molar-refractivity contribution in [3.63, 3.8) is 0 Å². The van der Waals surface area contributed by atoms with Crippen molar-refractivity contribution in [2.45, 2.75) is 6.42 Å². The molecular formula is C17H12ClFN2O. The number of nitrogens with one attached hydrogen (secondary N) is 1. The van der Waals surface area contributed by atoms with Gasteiger partial charge in [0.15, 0.2) is 0 Å². The first kappa shape index (κ1) is 14.5. The lowest BCUT2D eigenvalue weighted by Gasteiger charge is -2.09. The Morgan fingerprint density at radius 3 is 2.82 bits per heavy atom. The summed E-state index contributed by atoms with van der Waals surface area (Å²) in [5, 5.41) is 4.28. The Morgan fingerprint density at radius 2 is 2.00 bits per heavy atom. The Labute approximate surface area is 131 Å². The van der Waals surface area contributed by atoms with Crippen LogP contribution in [0.4, 0.5) is 10.1 Å². The number of aromatic nitrogens is 1. The van der Waals surface area contributed by atoms with Gasteiger partial charge in [-0.25, -0.2) is 4.39 Å². The fourth-order valence-electron chi connectivity index (χ4n) is 2.31. The van der Waals surface area contributed by atoms with Gasteiger partial charge in [-0.15, -0.1) is 0 Å². The standard InChI is InChI=1S/C17H12ClFN2O/c18-13-5-1-3-11(7-13)8-16(22)21-15-10-20-9-12-4-2-6-14(19)17(12)15/h1-7,9-10H,8H2,(H,21,22). The third kappa shape index (κ3) is 3.07. The minimum absolute atomic E-state index is 0.158. The van der Waals surface area contributed by atoms with Crippen molar-refractivity contribution >= 4 is 34.0 Å². The maximum Gasteiger partial charge on any atom is 0.228 e. The Bertz CT molecular complexity index is 846. The summed E-state index contributed by atoms with van der Waals surface area (Å²) in [4.78, 5) is 16.2. The molecule has 0 atom stereocenters. The van der Waals surface area contributed by atoms with Gasteiger partial charge in [-0.3, -0.25) is 9.78 Å². The van der Waals surface area contributed by atoms with Crippen molar-refractivity contribution in [3.05, 3.63) is 71.3 Å². The minimum atomic E-state index is -0.391. The van der Waals surface area contributed by atoms with Crippen LogP contribution in [0.3, 0.4) is 0 Å². The summed E-state index contributed by atoms with van der Waals surface area (Å²) in [5.74, 6) is -0.641. The van der Waals surface area contributed by atoms with Gasteiger partial charge in [-0.2, -0.15) is 0 Å². The van der Waals surface area contributed by atoms with Gasteiger partial charge in [0.2, 0.25) is 5.91 Å². The minimum Gasteiger partial charge on any atom is -0.324 e. The number of hydrogen-bond donors (Lipinski definition) is 1. The van der Waals surface area contributed by atoms with Gasteiger partial charge in [0.25, 0.3) is 0 Å². The number of carbonyl (C=O) groups is 1. The van der Waals surface area contributed by atoms with Gasteiger partial charge >= 0.3 is 0 Å². The van der Waals surface area contributed by atoms with Gasteiger partial charge in [0.05, 0.1) is 18.3 Å². The van der Waals surface area contributed by atoms with Crippen LogP contribution in [0.5, 0.6) is 0 Å². The van der Waals surface area contributed by atoms with Crippen LogP contribution in [0.15, 0.2) is 54.9 Å². The number of halogens is 2. The highest BCUT2D eigenvalue weighted by Gasteiger charge is 2.10. The second kappa shape index (κ2) is 6.12. The largest absolute Gasteiger partial charge is 0.324 e. The van der Waals surface area contributed by atoms with Gasteiger partial charge in [0, 0.05) is 22.0 Å². The van der Waals surface area contributed by atoms with Crippen LogP contribution in [0, 0.1) is 5.82 Å². The molecule has 22 heavy (non-hydrogen) atoms. The monoisotopic (exact) mass is 314 g/mol. The average Bonchev–Trinajstić information content (AvgIpc) is 2.47. The van der Waals surface area contributed by atoms with Crippen LogP contribution in [0.2, 0.25) is 5.02 Å². The maximum atomic E-state index is 14.0. The number of benzene rings is 2. The lowest BCUT2D eigenvalue weighted by molar-refractivity contribution is -0.115. The van der Waals surface area contributed by atoms with E-state index in [2.05, 4.69) is 10.3 Å². The number of carbonyl (C=O) groups excluding carboxylic acids is 1. The molecule has 1 heterocycles. The fraction of sp³-hybridized carbons (Fsp3) is 0.0588. The Morgan fingerprint density at radius 1 is 1.18 bits per heavy atom. The number of fused-ring (bicyclic) bond motifs is 1. The first-order valence-electron chi connectivity index (χ1n) is 6.70. The molecule has 3 aromatic rings. The Balaban J connectivity index is 1.85. The Hall–Kier alpha value is -2.46. The maximum absolute atomic E-state index is 14.0. The molecule has 0 saturated heterocycles. The van der Waals surface area contributed by atoms with Crippen LogP contribution in [-0.4, -0.2) is 10.9 Å². The van der Waals surface area contributed by atoms with Crippen LogP contribution in [0.25, 0.3) is 10.8 Å². The van der Waals surface area contributed by atoms with E-state index in [1.807, 2.05) is 6.07 Å². The van der Waals surface area contributed by atoms with Gasteiger partial charge in [-0.05, 0) is 23.8 Å². The number of anilines is 1. The number of rotatable bonds is 3. The van der Waals surface area contributed by atoms with Gasteiger partial charge < -0.3 is 5.32 Å². The second-order valence-electron chi connectivity index (χ2n) is 4.88. The van der Waals surface area contributed by atoms with Gasteiger partial charge in [0.1, 0.15) is 5.82 Å². The van der Waals surface area contributed by atoms with Crippen molar-refractivity contribution in [3.8, 4) is 0 Å². The smallest absolute Gasteiger partial charge is 0.228 e. The summed E-state index contributed by atoms with van der Waals surface area (Å²) in [6.07, 6.45) is 3.16. The summed E-state index contributed by atoms with van der Waals surface area (Å²) in [6, 6.07) is 11.8. The van der Waals surface area contributed by atoms with Crippen molar-refractivity contribution in [2.75, 3.05) is 5.32 Å². The molecule has 0 radical (unpaired) electrons. The molecular weight excluding hydrogens is 303 g/mol. The molecule has 0 unspecified atom stereocenters. The highest BCUT2D eigenvalue weighted by Crippen LogP contribution is 2.25. The molecule has 1 N–H and O–H groups in total. The van der Waals surface area contributed by atoms with E-state index in [1.54, 1.807) is 36.5 Å². The van der Waals surface area contributed by atoms with Crippen molar-refractivity contribution < 1.29 is 9.18 Å². The summed E-state index contributed by atoms with van der Waals surface area (Å²) >= 11 is 5.90. The molecule has 3 nitrogen and oxygen atoms in total. The van der Waals surface area contributed by atoms with Crippen molar-refractivity contribution in [1.82, 2.24) is 4.98 Å². The first-order chi connectivity index (χ1) is 10.6. The molecule has 0 aliphatic heterocycles. The molecule has 1 amide bonds. The lowest BCUT2D eigenvalue weighted by Crippen LogP contribution is -2.15. The Kier molecular flexibility index (Phi) is 4.02. The SMILES string of the molecule is O=C(Cc1cccc(Cl)c1)Nc1cncc2cccc(F)c12. The normalized spacial score (nSPS) is 10.6. The van der Waals surface area contributed by atoms with E-state index in [0.29, 0.717) is 21.5 Å². The number of amides is 1. The second-order valence-corrected chi connectivity index (χ2v) is 5.32. The third-order valence-electron chi connectivity index (χ3n) is 3.26. The summed E-state index contributed by atoms with van der Waals surface area (Å²) in [6.45, 7) is 0. The molecule has 3 rings (SSSR count). The molecule has 0 aliphatic rings. The van der Waals surface area contributed by atoms with E-state index in [4.69, 9.17) is 11.6 Å². The topological polar surface area (TPSA) is 42.0 Å². The van der Waals surface area contributed by atoms with E-state index in [0.717, 1.165) is 5.56 Å². The number of pyridine rings is 1.